The second-order valence-electron chi connectivity index (χ2n) is 5.39. The highest BCUT2D eigenvalue weighted by atomic mass is 16.1. The molecular weight excluding hydrogens is 310 g/mol. The molecule has 1 unspecified atom stereocenters. The highest BCUT2D eigenvalue weighted by Gasteiger charge is 2.14. The van der Waals surface area contributed by atoms with Gasteiger partial charge in [0.15, 0.2) is 0 Å². The normalized spacial score (nSPS) is 13.0. The average Bonchev–Trinajstić information content (AvgIpc) is 2.63. The van der Waals surface area contributed by atoms with Gasteiger partial charge in [-0.2, -0.15) is 5.26 Å². The van der Waals surface area contributed by atoms with Gasteiger partial charge in [0.05, 0.1) is 11.6 Å². The molecular formula is C21H19N3O. The molecule has 2 rings (SSSR count). The van der Waals surface area contributed by atoms with Crippen LogP contribution in [0.3, 0.4) is 0 Å². The van der Waals surface area contributed by atoms with Crippen LogP contribution in [0, 0.1) is 11.3 Å². The SMILES string of the molecule is C=C/C=C(\C=C)C(C)NC(=O)/C(C#N)=C/c1ccnc2ccccc12. The zero-order chi connectivity index (χ0) is 18.2. The van der Waals surface area contributed by atoms with Gasteiger partial charge in [-0.3, -0.25) is 9.78 Å². The summed E-state index contributed by atoms with van der Waals surface area (Å²) in [7, 11) is 0. The predicted octanol–water partition coefficient (Wildman–Crippen LogP) is 3.94. The molecule has 25 heavy (non-hydrogen) atoms. The van der Waals surface area contributed by atoms with Gasteiger partial charge < -0.3 is 5.32 Å². The maximum absolute atomic E-state index is 12.4. The molecule has 0 saturated heterocycles. The maximum atomic E-state index is 12.4. The number of rotatable bonds is 6. The number of hydrogen-bond donors (Lipinski definition) is 1. The monoisotopic (exact) mass is 329 g/mol. The summed E-state index contributed by atoms with van der Waals surface area (Å²) in [4.78, 5) is 16.7. The maximum Gasteiger partial charge on any atom is 0.262 e. The largest absolute Gasteiger partial charge is 0.345 e. The van der Waals surface area contributed by atoms with E-state index in [2.05, 4.69) is 23.5 Å². The highest BCUT2D eigenvalue weighted by molar-refractivity contribution is 6.04. The van der Waals surface area contributed by atoms with Crippen molar-refractivity contribution in [2.75, 3.05) is 0 Å². The third kappa shape index (κ3) is 4.30. The molecule has 1 heterocycles. The number of carbonyl (C=O) groups is 1. The molecule has 0 spiro atoms. The van der Waals surface area contributed by atoms with Crippen molar-refractivity contribution in [1.82, 2.24) is 10.3 Å². The number of pyridine rings is 1. The van der Waals surface area contributed by atoms with Gasteiger partial charge in [0.25, 0.3) is 5.91 Å². The van der Waals surface area contributed by atoms with Gasteiger partial charge in [-0.1, -0.05) is 49.6 Å². The first-order valence-electron chi connectivity index (χ1n) is 7.82. The van der Waals surface area contributed by atoms with Crippen molar-refractivity contribution in [2.24, 2.45) is 0 Å². The summed E-state index contributed by atoms with van der Waals surface area (Å²) in [5.74, 6) is -0.437. The lowest BCUT2D eigenvalue weighted by Crippen LogP contribution is -2.34. The van der Waals surface area contributed by atoms with Crippen LogP contribution in [0.2, 0.25) is 0 Å². The summed E-state index contributed by atoms with van der Waals surface area (Å²) in [6.45, 7) is 9.19. The van der Waals surface area contributed by atoms with E-state index in [1.807, 2.05) is 37.3 Å². The number of nitriles is 1. The van der Waals surface area contributed by atoms with E-state index in [1.165, 1.54) is 0 Å². The molecule has 2 aromatic rings. The third-order valence-corrected chi connectivity index (χ3v) is 3.74. The minimum absolute atomic E-state index is 0.0326. The Morgan fingerprint density at radius 1 is 1.32 bits per heavy atom. The molecule has 124 valence electrons. The van der Waals surface area contributed by atoms with Crippen LogP contribution in [0.4, 0.5) is 0 Å². The fourth-order valence-electron chi connectivity index (χ4n) is 2.43. The first-order chi connectivity index (χ1) is 12.1. The summed E-state index contributed by atoms with van der Waals surface area (Å²) in [5.41, 5.74) is 2.43. The molecule has 0 aliphatic carbocycles. The van der Waals surface area contributed by atoms with Crippen LogP contribution in [-0.4, -0.2) is 16.9 Å². The van der Waals surface area contributed by atoms with Crippen molar-refractivity contribution in [1.29, 1.82) is 5.26 Å². The molecule has 0 bridgehead atoms. The second-order valence-corrected chi connectivity index (χ2v) is 5.39. The van der Waals surface area contributed by atoms with Gasteiger partial charge >= 0.3 is 0 Å². The molecule has 0 saturated carbocycles. The fourth-order valence-corrected chi connectivity index (χ4v) is 2.43. The Hall–Kier alpha value is -3.45. The number of para-hydroxylation sites is 1. The van der Waals surface area contributed by atoms with Crippen molar-refractivity contribution >= 4 is 22.9 Å². The Morgan fingerprint density at radius 2 is 2.08 bits per heavy atom. The third-order valence-electron chi connectivity index (χ3n) is 3.74. The number of benzene rings is 1. The van der Waals surface area contributed by atoms with Crippen LogP contribution in [0.5, 0.6) is 0 Å². The first kappa shape index (κ1) is 17.9. The van der Waals surface area contributed by atoms with Gasteiger partial charge in [0.1, 0.15) is 11.6 Å². The Labute approximate surface area is 147 Å². The topological polar surface area (TPSA) is 65.8 Å². The van der Waals surface area contributed by atoms with Gasteiger partial charge in [-0.05, 0) is 36.3 Å². The van der Waals surface area contributed by atoms with E-state index < -0.39 is 5.91 Å². The first-order valence-corrected chi connectivity index (χ1v) is 7.82. The number of hydrogen-bond acceptors (Lipinski definition) is 3. The van der Waals surface area contributed by atoms with Gasteiger partial charge in [-0.25, -0.2) is 0 Å². The molecule has 0 radical (unpaired) electrons. The van der Waals surface area contributed by atoms with E-state index >= 15 is 0 Å². The van der Waals surface area contributed by atoms with E-state index in [-0.39, 0.29) is 11.6 Å². The van der Waals surface area contributed by atoms with Crippen LogP contribution in [0.25, 0.3) is 17.0 Å². The Morgan fingerprint density at radius 3 is 2.76 bits per heavy atom. The minimum Gasteiger partial charge on any atom is -0.345 e. The van der Waals surface area contributed by atoms with Crippen molar-refractivity contribution < 1.29 is 4.79 Å². The summed E-state index contributed by atoms with van der Waals surface area (Å²) < 4.78 is 0. The molecule has 1 aromatic heterocycles. The molecule has 0 aliphatic heterocycles. The number of aromatic nitrogens is 1. The summed E-state index contributed by atoms with van der Waals surface area (Å²) >= 11 is 0. The molecule has 0 fully saturated rings. The number of nitrogens with zero attached hydrogens (tertiary/aromatic N) is 2. The van der Waals surface area contributed by atoms with E-state index in [0.29, 0.717) is 0 Å². The summed E-state index contributed by atoms with van der Waals surface area (Å²) in [6.07, 6.45) is 8.29. The van der Waals surface area contributed by atoms with E-state index in [1.54, 1.807) is 36.6 Å². The smallest absolute Gasteiger partial charge is 0.262 e. The Balaban J connectivity index is 2.32. The van der Waals surface area contributed by atoms with E-state index in [0.717, 1.165) is 22.0 Å². The predicted molar refractivity (Wildman–Crippen MR) is 101 cm³/mol. The van der Waals surface area contributed by atoms with Crippen LogP contribution >= 0.6 is 0 Å². The van der Waals surface area contributed by atoms with Gasteiger partial charge in [-0.15, -0.1) is 0 Å². The lowest BCUT2D eigenvalue weighted by atomic mass is 10.0. The molecule has 1 aromatic carbocycles. The molecule has 1 amide bonds. The highest BCUT2D eigenvalue weighted by Crippen LogP contribution is 2.19. The van der Waals surface area contributed by atoms with Crippen LogP contribution in [-0.2, 0) is 4.79 Å². The fraction of sp³-hybridized carbons (Fsp3) is 0.0952. The van der Waals surface area contributed by atoms with Crippen LogP contribution < -0.4 is 5.32 Å². The van der Waals surface area contributed by atoms with Crippen LogP contribution in [0.15, 0.2) is 79.1 Å². The molecule has 0 aliphatic rings. The quantitative estimate of drug-likeness (QED) is 0.496. The molecule has 4 heteroatoms. The average molecular weight is 329 g/mol. The minimum atomic E-state index is -0.437. The van der Waals surface area contributed by atoms with Crippen LogP contribution in [0.1, 0.15) is 12.5 Å². The number of fused-ring (bicyclic) bond motifs is 1. The summed E-state index contributed by atoms with van der Waals surface area (Å²) in [6, 6.07) is 11.1. The van der Waals surface area contributed by atoms with Crippen molar-refractivity contribution in [3.63, 3.8) is 0 Å². The molecule has 4 nitrogen and oxygen atoms in total. The van der Waals surface area contributed by atoms with Gasteiger partial charge in [0, 0.05) is 11.6 Å². The van der Waals surface area contributed by atoms with E-state index in [4.69, 9.17) is 0 Å². The molecule has 1 atom stereocenters. The van der Waals surface area contributed by atoms with Gasteiger partial charge in [0.2, 0.25) is 0 Å². The van der Waals surface area contributed by atoms with E-state index in [9.17, 15) is 10.1 Å². The second kappa shape index (κ2) is 8.42. The Kier molecular flexibility index (Phi) is 6.02. The number of nitrogens with one attached hydrogen (secondary N) is 1. The lowest BCUT2D eigenvalue weighted by molar-refractivity contribution is -0.117. The van der Waals surface area contributed by atoms with Crippen molar-refractivity contribution in [3.8, 4) is 6.07 Å². The molecule has 1 N–H and O–H groups in total. The Bertz CT molecular complexity index is 911. The van der Waals surface area contributed by atoms with Crippen molar-refractivity contribution in [3.05, 3.63) is 84.6 Å². The zero-order valence-corrected chi connectivity index (χ0v) is 14.1. The lowest BCUT2D eigenvalue weighted by Gasteiger charge is -2.14. The summed E-state index contributed by atoms with van der Waals surface area (Å²) in [5, 5.41) is 13.1. The van der Waals surface area contributed by atoms with Crippen molar-refractivity contribution in [2.45, 2.75) is 13.0 Å². The standard InChI is InChI=1S/C21H19N3O/c1-4-8-16(5-2)15(3)24-21(25)18(14-22)13-17-11-12-23-20-10-7-6-9-19(17)20/h4-13,15H,1-2H2,3H3,(H,24,25)/b16-8+,18-13+. The number of carbonyl (C=O) groups excluding carboxylic acids is 1. The number of amides is 1. The zero-order valence-electron chi connectivity index (χ0n) is 14.1. The number of allylic oxidation sites excluding steroid dienone is 2.